The molecular formula is C18H16F2N2O6S. The summed E-state index contributed by atoms with van der Waals surface area (Å²) in [7, 11) is 1.33. The summed E-state index contributed by atoms with van der Waals surface area (Å²) < 4.78 is 34.8. The van der Waals surface area contributed by atoms with Crippen molar-refractivity contribution in [3.05, 3.63) is 58.1 Å². The van der Waals surface area contributed by atoms with Gasteiger partial charge in [0.2, 0.25) is 0 Å². The van der Waals surface area contributed by atoms with E-state index in [2.05, 4.69) is 5.32 Å². The van der Waals surface area contributed by atoms with Crippen molar-refractivity contribution in [3.63, 3.8) is 0 Å². The number of alkyl halides is 2. The van der Waals surface area contributed by atoms with Gasteiger partial charge in [0.1, 0.15) is 5.75 Å². The molecule has 1 atom stereocenters. The van der Waals surface area contributed by atoms with Gasteiger partial charge < -0.3 is 14.8 Å². The molecule has 1 amide bonds. The number of non-ortho nitro benzene ring substituents is 1. The van der Waals surface area contributed by atoms with Gasteiger partial charge in [0.05, 0.1) is 23.3 Å². The number of nitro groups is 1. The second-order valence-electron chi connectivity index (χ2n) is 5.58. The quantitative estimate of drug-likeness (QED) is 0.293. The number of nitrogens with zero attached hydrogens (tertiary/aromatic N) is 1. The highest BCUT2D eigenvalue weighted by Crippen LogP contribution is 2.29. The number of anilines is 1. The van der Waals surface area contributed by atoms with Gasteiger partial charge in [0.25, 0.3) is 17.4 Å². The predicted molar refractivity (Wildman–Crippen MR) is 101 cm³/mol. The lowest BCUT2D eigenvalue weighted by Crippen LogP contribution is -2.30. The van der Waals surface area contributed by atoms with E-state index in [0.29, 0.717) is 11.8 Å². The standard InChI is InChI=1S/C18H16F2N2O6S/c1-10(28-17(24)11-3-6-13(7-4-11)29-18(19)20)16(23)21-14-9-12(22(25)26)5-8-15(14)27-2/h3-10,18H,1-2H3,(H,21,23). The summed E-state index contributed by atoms with van der Waals surface area (Å²) in [4.78, 5) is 35.0. The zero-order chi connectivity index (χ0) is 21.6. The van der Waals surface area contributed by atoms with Crippen molar-refractivity contribution in [3.8, 4) is 5.75 Å². The minimum atomic E-state index is -2.58. The van der Waals surface area contributed by atoms with Gasteiger partial charge >= 0.3 is 5.97 Å². The van der Waals surface area contributed by atoms with Gasteiger partial charge in [-0.3, -0.25) is 14.9 Å². The number of nitro benzene ring substituents is 1. The lowest BCUT2D eigenvalue weighted by atomic mass is 10.2. The van der Waals surface area contributed by atoms with Crippen LogP contribution in [0.1, 0.15) is 17.3 Å². The Hall–Kier alpha value is -3.21. The van der Waals surface area contributed by atoms with Crippen LogP contribution in [0.3, 0.4) is 0 Å². The van der Waals surface area contributed by atoms with Crippen molar-refractivity contribution in [2.75, 3.05) is 12.4 Å². The molecule has 0 radical (unpaired) electrons. The van der Waals surface area contributed by atoms with Crippen molar-refractivity contribution in [1.82, 2.24) is 0 Å². The van der Waals surface area contributed by atoms with E-state index < -0.39 is 28.7 Å². The van der Waals surface area contributed by atoms with Gasteiger partial charge in [-0.1, -0.05) is 11.8 Å². The molecule has 0 aliphatic rings. The van der Waals surface area contributed by atoms with E-state index in [-0.39, 0.29) is 27.6 Å². The minimum Gasteiger partial charge on any atom is -0.495 e. The summed E-state index contributed by atoms with van der Waals surface area (Å²) in [6.45, 7) is 1.32. The number of amides is 1. The van der Waals surface area contributed by atoms with E-state index in [1.54, 1.807) is 0 Å². The molecule has 0 heterocycles. The Kier molecular flexibility index (Phi) is 7.48. The van der Waals surface area contributed by atoms with Crippen LogP contribution in [0, 0.1) is 10.1 Å². The maximum absolute atomic E-state index is 12.3. The summed E-state index contributed by atoms with van der Waals surface area (Å²) in [5.41, 5.74) is -0.133. The van der Waals surface area contributed by atoms with E-state index in [0.717, 1.165) is 6.07 Å². The first-order chi connectivity index (χ1) is 13.7. The van der Waals surface area contributed by atoms with Crippen molar-refractivity contribution in [2.24, 2.45) is 0 Å². The second-order valence-corrected chi connectivity index (χ2v) is 6.64. The number of nitrogens with one attached hydrogen (secondary N) is 1. The van der Waals surface area contributed by atoms with Crippen molar-refractivity contribution in [1.29, 1.82) is 0 Å². The SMILES string of the molecule is COc1ccc([N+](=O)[O-])cc1NC(=O)C(C)OC(=O)c1ccc(SC(F)F)cc1. The molecule has 154 valence electrons. The largest absolute Gasteiger partial charge is 0.495 e. The molecule has 2 aromatic carbocycles. The fourth-order valence-corrected chi connectivity index (χ4v) is 2.70. The highest BCUT2D eigenvalue weighted by molar-refractivity contribution is 7.99. The summed E-state index contributed by atoms with van der Waals surface area (Å²) in [5.74, 6) is -3.95. The number of carbonyl (C=O) groups is 2. The molecule has 1 N–H and O–H groups in total. The molecule has 1 unspecified atom stereocenters. The Morgan fingerprint density at radius 2 is 1.83 bits per heavy atom. The molecule has 0 saturated carbocycles. The third-order valence-electron chi connectivity index (χ3n) is 3.62. The van der Waals surface area contributed by atoms with E-state index in [1.807, 2.05) is 0 Å². The molecule has 0 saturated heterocycles. The molecule has 11 heteroatoms. The number of esters is 1. The molecule has 0 aromatic heterocycles. The highest BCUT2D eigenvalue weighted by Gasteiger charge is 2.21. The lowest BCUT2D eigenvalue weighted by molar-refractivity contribution is -0.384. The van der Waals surface area contributed by atoms with Gasteiger partial charge in [-0.05, 0) is 37.3 Å². The van der Waals surface area contributed by atoms with Gasteiger partial charge in [-0.2, -0.15) is 8.78 Å². The molecule has 2 rings (SSSR count). The average molecular weight is 426 g/mol. The normalized spacial score (nSPS) is 11.6. The second kappa shape index (κ2) is 9.82. The number of thioether (sulfide) groups is 1. The maximum Gasteiger partial charge on any atom is 0.338 e. The number of methoxy groups -OCH3 is 1. The van der Waals surface area contributed by atoms with E-state index >= 15 is 0 Å². The van der Waals surface area contributed by atoms with Crippen LogP contribution >= 0.6 is 11.8 Å². The van der Waals surface area contributed by atoms with E-state index in [9.17, 15) is 28.5 Å². The van der Waals surface area contributed by atoms with Crippen molar-refractivity contribution >= 4 is 35.0 Å². The molecule has 0 fully saturated rings. The summed E-state index contributed by atoms with van der Waals surface area (Å²) in [6, 6.07) is 8.95. The molecule has 0 aliphatic heterocycles. The van der Waals surface area contributed by atoms with Gasteiger partial charge in [0.15, 0.2) is 6.10 Å². The van der Waals surface area contributed by atoms with Crippen molar-refractivity contribution < 1.29 is 32.8 Å². The summed E-state index contributed by atoms with van der Waals surface area (Å²) >= 11 is 0.336. The average Bonchev–Trinajstić information content (AvgIpc) is 2.67. The van der Waals surface area contributed by atoms with Crippen LogP contribution in [0.5, 0.6) is 5.75 Å². The zero-order valence-electron chi connectivity index (χ0n) is 15.3. The number of hydrogen-bond acceptors (Lipinski definition) is 7. The Morgan fingerprint density at radius 1 is 1.17 bits per heavy atom. The minimum absolute atomic E-state index is 0.0444. The summed E-state index contributed by atoms with van der Waals surface area (Å²) in [5, 5.41) is 13.3. The molecule has 0 aliphatic carbocycles. The molecular weight excluding hydrogens is 410 g/mol. The number of halogens is 2. The third-order valence-corrected chi connectivity index (χ3v) is 4.34. The molecule has 0 bridgehead atoms. The first kappa shape index (κ1) is 22.1. The third kappa shape index (κ3) is 6.14. The fraction of sp³-hybridized carbons (Fsp3) is 0.222. The molecule has 0 spiro atoms. The maximum atomic E-state index is 12.3. The number of ether oxygens (including phenoxy) is 2. The monoisotopic (exact) mass is 426 g/mol. The highest BCUT2D eigenvalue weighted by atomic mass is 32.2. The number of hydrogen-bond donors (Lipinski definition) is 1. The first-order valence-electron chi connectivity index (χ1n) is 8.10. The Morgan fingerprint density at radius 3 is 2.38 bits per heavy atom. The predicted octanol–water partition coefficient (Wildman–Crippen LogP) is 4.10. The van der Waals surface area contributed by atoms with Crippen molar-refractivity contribution in [2.45, 2.75) is 23.7 Å². The van der Waals surface area contributed by atoms with Crippen LogP contribution in [-0.4, -0.2) is 35.8 Å². The lowest BCUT2D eigenvalue weighted by Gasteiger charge is -2.15. The van der Waals surface area contributed by atoms with Crippen LogP contribution in [-0.2, 0) is 9.53 Å². The topological polar surface area (TPSA) is 108 Å². The van der Waals surface area contributed by atoms with Crippen LogP contribution < -0.4 is 10.1 Å². The van der Waals surface area contributed by atoms with Gasteiger partial charge in [0, 0.05) is 17.0 Å². The van der Waals surface area contributed by atoms with Gasteiger partial charge in [-0.25, -0.2) is 4.79 Å². The fourth-order valence-electron chi connectivity index (χ4n) is 2.20. The van der Waals surface area contributed by atoms with Crippen LogP contribution in [0.2, 0.25) is 0 Å². The Balaban J connectivity index is 2.04. The van der Waals surface area contributed by atoms with E-state index in [1.165, 1.54) is 50.4 Å². The van der Waals surface area contributed by atoms with E-state index in [4.69, 9.17) is 9.47 Å². The molecule has 29 heavy (non-hydrogen) atoms. The Bertz CT molecular complexity index is 908. The number of rotatable bonds is 8. The van der Waals surface area contributed by atoms with Crippen LogP contribution in [0.4, 0.5) is 20.2 Å². The first-order valence-corrected chi connectivity index (χ1v) is 8.98. The number of benzene rings is 2. The van der Waals surface area contributed by atoms with Crippen LogP contribution in [0.15, 0.2) is 47.4 Å². The number of carbonyl (C=O) groups excluding carboxylic acids is 2. The smallest absolute Gasteiger partial charge is 0.338 e. The molecule has 2 aromatic rings. The zero-order valence-corrected chi connectivity index (χ0v) is 16.1. The summed E-state index contributed by atoms with van der Waals surface area (Å²) in [6.07, 6.45) is -1.23. The van der Waals surface area contributed by atoms with Crippen LogP contribution in [0.25, 0.3) is 0 Å². The molecule has 8 nitrogen and oxygen atoms in total. The Labute approximate surface area is 168 Å². The van der Waals surface area contributed by atoms with Gasteiger partial charge in [-0.15, -0.1) is 0 Å².